The quantitative estimate of drug-likeness (QED) is 0.863. The topological polar surface area (TPSA) is 32.3 Å². The average Bonchev–Trinajstić information content (AvgIpc) is 2.46. The predicted molar refractivity (Wildman–Crippen MR) is 88.2 cm³/mol. The van der Waals surface area contributed by atoms with Crippen molar-refractivity contribution in [3.05, 3.63) is 0 Å². The van der Waals surface area contributed by atoms with Gasteiger partial charge in [-0.3, -0.25) is 9.69 Å². The number of amides is 1. The molecule has 0 spiro atoms. The Morgan fingerprint density at radius 2 is 1.81 bits per heavy atom. The van der Waals surface area contributed by atoms with E-state index in [1.807, 2.05) is 20.8 Å². The maximum absolute atomic E-state index is 12.3. The van der Waals surface area contributed by atoms with E-state index < -0.39 is 0 Å². The van der Waals surface area contributed by atoms with Crippen molar-refractivity contribution in [3.8, 4) is 0 Å². The molecule has 1 saturated heterocycles. The Kier molecular flexibility index (Phi) is 5.70. The molecule has 0 bridgehead atoms. The van der Waals surface area contributed by atoms with Gasteiger partial charge in [-0.05, 0) is 25.2 Å². The fourth-order valence-corrected chi connectivity index (χ4v) is 3.79. The summed E-state index contributed by atoms with van der Waals surface area (Å²) in [6.07, 6.45) is 9.28. The molecule has 2 aliphatic rings. The first-order valence-electron chi connectivity index (χ1n) is 8.95. The maximum atomic E-state index is 12.3. The van der Waals surface area contributed by atoms with Gasteiger partial charge in [0.05, 0.1) is 0 Å². The van der Waals surface area contributed by atoms with Crippen LogP contribution in [-0.4, -0.2) is 36.0 Å². The van der Waals surface area contributed by atoms with Crippen LogP contribution in [0.25, 0.3) is 0 Å². The first-order valence-corrected chi connectivity index (χ1v) is 8.95. The second kappa shape index (κ2) is 7.13. The van der Waals surface area contributed by atoms with Gasteiger partial charge in [0.2, 0.25) is 5.91 Å². The molecular weight excluding hydrogens is 260 g/mol. The second-order valence-electron chi connectivity index (χ2n) is 8.18. The first-order chi connectivity index (χ1) is 9.90. The third-order valence-electron chi connectivity index (χ3n) is 5.25. The molecule has 1 aliphatic heterocycles. The molecule has 1 heterocycles. The molecule has 0 radical (unpaired) electrons. The highest BCUT2D eigenvalue weighted by Gasteiger charge is 2.33. The molecule has 3 nitrogen and oxygen atoms in total. The van der Waals surface area contributed by atoms with Crippen molar-refractivity contribution in [1.29, 1.82) is 0 Å². The van der Waals surface area contributed by atoms with Crippen LogP contribution in [-0.2, 0) is 4.79 Å². The van der Waals surface area contributed by atoms with Gasteiger partial charge in [0.15, 0.2) is 0 Å². The minimum atomic E-state index is -0.283. The molecule has 1 N–H and O–H groups in total. The van der Waals surface area contributed by atoms with E-state index in [4.69, 9.17) is 0 Å². The highest BCUT2D eigenvalue weighted by Crippen LogP contribution is 2.28. The summed E-state index contributed by atoms with van der Waals surface area (Å²) in [6.45, 7) is 10.6. The van der Waals surface area contributed by atoms with Crippen molar-refractivity contribution in [2.75, 3.05) is 13.1 Å². The van der Waals surface area contributed by atoms with Gasteiger partial charge >= 0.3 is 0 Å². The van der Waals surface area contributed by atoms with E-state index in [0.29, 0.717) is 6.04 Å². The third-order valence-corrected chi connectivity index (χ3v) is 5.25. The first kappa shape index (κ1) is 16.8. The Balaban J connectivity index is 1.96. The zero-order chi connectivity index (χ0) is 15.5. The van der Waals surface area contributed by atoms with Gasteiger partial charge in [-0.1, -0.05) is 53.4 Å². The van der Waals surface area contributed by atoms with Gasteiger partial charge in [-0.15, -0.1) is 0 Å². The smallest absolute Gasteiger partial charge is 0.225 e. The summed E-state index contributed by atoms with van der Waals surface area (Å²) in [4.78, 5) is 15.0. The molecular formula is C18H34N2O. The molecule has 2 rings (SSSR count). The zero-order valence-corrected chi connectivity index (χ0v) is 14.5. The van der Waals surface area contributed by atoms with Crippen molar-refractivity contribution in [3.63, 3.8) is 0 Å². The minimum absolute atomic E-state index is 0.202. The lowest BCUT2D eigenvalue weighted by Gasteiger charge is -2.43. The van der Waals surface area contributed by atoms with Crippen molar-refractivity contribution < 1.29 is 4.79 Å². The maximum Gasteiger partial charge on any atom is 0.225 e. The summed E-state index contributed by atoms with van der Waals surface area (Å²) < 4.78 is 0. The van der Waals surface area contributed by atoms with Crippen molar-refractivity contribution >= 4 is 5.91 Å². The van der Waals surface area contributed by atoms with Crippen molar-refractivity contribution in [2.24, 2.45) is 11.3 Å². The Hall–Kier alpha value is -0.570. The van der Waals surface area contributed by atoms with Crippen LogP contribution in [0, 0.1) is 11.3 Å². The summed E-state index contributed by atoms with van der Waals surface area (Å²) in [5.41, 5.74) is -0.283. The highest BCUT2D eigenvalue weighted by molar-refractivity contribution is 5.81. The molecule has 2 fully saturated rings. The highest BCUT2D eigenvalue weighted by atomic mass is 16.2. The zero-order valence-electron chi connectivity index (χ0n) is 14.5. The molecule has 21 heavy (non-hydrogen) atoms. The molecule has 122 valence electrons. The standard InChI is InChI=1S/C18H34N2O/c1-5-14-11-15(19-17(21)18(2,3)4)13-20(12-14)16-9-7-6-8-10-16/h14-16H,5-13H2,1-4H3,(H,19,21). The normalized spacial score (nSPS) is 29.3. The number of carbonyl (C=O) groups is 1. The molecule has 1 amide bonds. The monoisotopic (exact) mass is 294 g/mol. The van der Waals surface area contributed by atoms with E-state index >= 15 is 0 Å². The lowest BCUT2D eigenvalue weighted by Crippen LogP contribution is -2.55. The summed E-state index contributed by atoms with van der Waals surface area (Å²) in [7, 11) is 0. The molecule has 3 heteroatoms. The number of nitrogens with zero attached hydrogens (tertiary/aromatic N) is 1. The molecule has 1 aliphatic carbocycles. The van der Waals surface area contributed by atoms with Crippen LogP contribution in [0.5, 0.6) is 0 Å². The van der Waals surface area contributed by atoms with Crippen molar-refractivity contribution in [1.82, 2.24) is 10.2 Å². The molecule has 0 aromatic rings. The number of piperidine rings is 1. The van der Waals surface area contributed by atoms with Gasteiger partial charge in [0.25, 0.3) is 0 Å². The molecule has 1 saturated carbocycles. The second-order valence-corrected chi connectivity index (χ2v) is 8.18. The number of carbonyl (C=O) groups excluding carboxylic acids is 1. The van der Waals surface area contributed by atoms with E-state index in [2.05, 4.69) is 17.1 Å². The van der Waals surface area contributed by atoms with Crippen molar-refractivity contribution in [2.45, 2.75) is 84.7 Å². The fourth-order valence-electron chi connectivity index (χ4n) is 3.79. The predicted octanol–water partition coefficient (Wildman–Crippen LogP) is 3.58. The van der Waals surface area contributed by atoms with Crippen LogP contribution >= 0.6 is 0 Å². The molecule has 2 unspecified atom stereocenters. The van der Waals surface area contributed by atoms with E-state index in [0.717, 1.165) is 24.9 Å². The largest absolute Gasteiger partial charge is 0.352 e. The van der Waals surface area contributed by atoms with Crippen LogP contribution in [0.3, 0.4) is 0 Å². The third kappa shape index (κ3) is 4.70. The Bertz CT molecular complexity index is 342. The molecule has 0 aromatic carbocycles. The number of rotatable bonds is 3. The van der Waals surface area contributed by atoms with Crippen LogP contribution in [0.2, 0.25) is 0 Å². The summed E-state index contributed by atoms with van der Waals surface area (Å²) >= 11 is 0. The summed E-state index contributed by atoms with van der Waals surface area (Å²) in [5, 5.41) is 3.31. The van der Waals surface area contributed by atoms with Gasteiger partial charge in [-0.2, -0.15) is 0 Å². The Morgan fingerprint density at radius 1 is 1.14 bits per heavy atom. The Labute approximate surface area is 130 Å². The average molecular weight is 294 g/mol. The fraction of sp³-hybridized carbons (Fsp3) is 0.944. The number of nitrogens with one attached hydrogen (secondary N) is 1. The van der Waals surface area contributed by atoms with Crippen LogP contribution in [0.4, 0.5) is 0 Å². The van der Waals surface area contributed by atoms with E-state index in [-0.39, 0.29) is 11.3 Å². The number of likely N-dealkylation sites (tertiary alicyclic amines) is 1. The van der Waals surface area contributed by atoms with E-state index in [1.54, 1.807) is 0 Å². The minimum Gasteiger partial charge on any atom is -0.352 e. The Morgan fingerprint density at radius 3 is 2.38 bits per heavy atom. The summed E-state index contributed by atoms with van der Waals surface area (Å²) in [6, 6.07) is 1.11. The SMILES string of the molecule is CCC1CC(NC(=O)C(C)(C)C)CN(C2CCCCC2)C1. The number of hydrogen-bond donors (Lipinski definition) is 1. The molecule has 0 aromatic heterocycles. The lowest BCUT2D eigenvalue weighted by molar-refractivity contribution is -0.129. The van der Waals surface area contributed by atoms with Gasteiger partial charge < -0.3 is 5.32 Å². The van der Waals surface area contributed by atoms with Crippen LogP contribution in [0.15, 0.2) is 0 Å². The lowest BCUT2D eigenvalue weighted by atomic mass is 9.86. The van der Waals surface area contributed by atoms with E-state index in [9.17, 15) is 4.79 Å². The summed E-state index contributed by atoms with van der Waals surface area (Å²) in [5.74, 6) is 0.943. The number of hydrogen-bond acceptors (Lipinski definition) is 2. The van der Waals surface area contributed by atoms with Gasteiger partial charge in [-0.25, -0.2) is 0 Å². The van der Waals surface area contributed by atoms with Gasteiger partial charge in [0.1, 0.15) is 0 Å². The van der Waals surface area contributed by atoms with Gasteiger partial charge in [0, 0.05) is 30.6 Å². The molecule has 2 atom stereocenters. The van der Waals surface area contributed by atoms with Crippen LogP contribution < -0.4 is 5.32 Å². The van der Waals surface area contributed by atoms with Crippen LogP contribution in [0.1, 0.15) is 72.6 Å². The van der Waals surface area contributed by atoms with E-state index in [1.165, 1.54) is 45.1 Å².